The van der Waals surface area contributed by atoms with Gasteiger partial charge in [-0.05, 0) is 31.0 Å². The number of carbonyl (C=O) groups excluding carboxylic acids is 1. The zero-order valence-corrected chi connectivity index (χ0v) is 14.6. The second kappa shape index (κ2) is 7.49. The Balaban J connectivity index is 1.62. The first-order valence-electron chi connectivity index (χ1n) is 7.96. The molecule has 0 spiro atoms. The maximum Gasteiger partial charge on any atom is 0.233 e. The topological polar surface area (TPSA) is 70.7 Å². The molecule has 1 atom stereocenters. The molecule has 0 saturated carbocycles. The van der Waals surface area contributed by atoms with E-state index in [4.69, 9.17) is 0 Å². The molecule has 1 aromatic carbocycles. The van der Waals surface area contributed by atoms with Crippen molar-refractivity contribution >= 4 is 28.8 Å². The third-order valence-electron chi connectivity index (χ3n) is 3.74. The Morgan fingerprint density at radius 1 is 1.29 bits per heavy atom. The van der Waals surface area contributed by atoms with Crippen LogP contribution >= 0.6 is 11.8 Å². The normalized spacial score (nSPS) is 12.2. The molecular formula is C18H20N4OS. The standard InChI is InChI=1S/C18H20N4OS/c1-3-15(17(23)20-11-13-8-6-12(2)7-9-13)24-18-21-14-5-4-10-19-16(14)22-18/h4-10,15H,3,11H2,1-2H3,(H,20,23)(H,19,21,22)/t15-/m0/s1. The molecule has 0 bridgehead atoms. The van der Waals surface area contributed by atoms with Gasteiger partial charge in [0.15, 0.2) is 10.8 Å². The van der Waals surface area contributed by atoms with Gasteiger partial charge in [-0.15, -0.1) is 0 Å². The lowest BCUT2D eigenvalue weighted by molar-refractivity contribution is -0.120. The number of hydrogen-bond donors (Lipinski definition) is 2. The molecule has 0 radical (unpaired) electrons. The third-order valence-corrected chi connectivity index (χ3v) is 4.99. The van der Waals surface area contributed by atoms with E-state index in [2.05, 4.69) is 32.4 Å². The number of pyridine rings is 1. The van der Waals surface area contributed by atoms with E-state index in [0.29, 0.717) is 12.2 Å². The molecular weight excluding hydrogens is 320 g/mol. The molecule has 0 aliphatic rings. The van der Waals surface area contributed by atoms with Crippen molar-refractivity contribution in [3.8, 4) is 0 Å². The zero-order valence-electron chi connectivity index (χ0n) is 13.7. The van der Waals surface area contributed by atoms with Gasteiger partial charge < -0.3 is 10.3 Å². The Morgan fingerprint density at radius 3 is 2.79 bits per heavy atom. The summed E-state index contributed by atoms with van der Waals surface area (Å²) in [4.78, 5) is 24.3. The summed E-state index contributed by atoms with van der Waals surface area (Å²) in [6.07, 6.45) is 2.44. The SMILES string of the molecule is CC[C@H](Sc1nc2ncccc2[nH]1)C(=O)NCc1ccc(C)cc1. The van der Waals surface area contributed by atoms with Crippen LogP contribution in [0.5, 0.6) is 0 Å². The van der Waals surface area contributed by atoms with E-state index in [1.54, 1.807) is 6.20 Å². The number of hydrogen-bond acceptors (Lipinski definition) is 4. The van der Waals surface area contributed by atoms with Gasteiger partial charge in [-0.1, -0.05) is 48.5 Å². The van der Waals surface area contributed by atoms with Crippen LogP contribution < -0.4 is 5.32 Å². The average molecular weight is 340 g/mol. The summed E-state index contributed by atoms with van der Waals surface area (Å²) in [7, 11) is 0. The molecule has 6 heteroatoms. The number of rotatable bonds is 6. The first kappa shape index (κ1) is 16.5. The monoisotopic (exact) mass is 340 g/mol. The first-order valence-corrected chi connectivity index (χ1v) is 8.84. The number of carbonyl (C=O) groups is 1. The molecule has 3 rings (SSSR count). The fourth-order valence-electron chi connectivity index (χ4n) is 2.34. The molecule has 3 aromatic rings. The van der Waals surface area contributed by atoms with E-state index < -0.39 is 0 Å². The second-order valence-corrected chi connectivity index (χ2v) is 6.83. The summed E-state index contributed by atoms with van der Waals surface area (Å²) in [6.45, 7) is 4.59. The van der Waals surface area contributed by atoms with Crippen molar-refractivity contribution in [1.82, 2.24) is 20.3 Å². The Hall–Kier alpha value is -2.34. The predicted molar refractivity (Wildman–Crippen MR) is 96.9 cm³/mol. The Labute approximate surface area is 145 Å². The number of aromatic amines is 1. The highest BCUT2D eigenvalue weighted by Crippen LogP contribution is 2.24. The number of benzene rings is 1. The van der Waals surface area contributed by atoms with E-state index in [1.807, 2.05) is 38.1 Å². The summed E-state index contributed by atoms with van der Waals surface area (Å²) in [5, 5.41) is 3.55. The van der Waals surface area contributed by atoms with Crippen LogP contribution in [0.3, 0.4) is 0 Å². The molecule has 0 fully saturated rings. The number of aromatic nitrogens is 3. The lowest BCUT2D eigenvalue weighted by Crippen LogP contribution is -2.31. The number of aryl methyl sites for hydroxylation is 1. The van der Waals surface area contributed by atoms with Gasteiger partial charge in [0.1, 0.15) is 0 Å². The van der Waals surface area contributed by atoms with Crippen LogP contribution in [0, 0.1) is 6.92 Å². The van der Waals surface area contributed by atoms with Gasteiger partial charge >= 0.3 is 0 Å². The summed E-state index contributed by atoms with van der Waals surface area (Å²) in [5.74, 6) is 0.0245. The maximum absolute atomic E-state index is 12.4. The maximum atomic E-state index is 12.4. The lowest BCUT2D eigenvalue weighted by Gasteiger charge is -2.13. The number of imidazole rings is 1. The molecule has 2 aromatic heterocycles. The number of nitrogens with zero attached hydrogens (tertiary/aromatic N) is 2. The minimum Gasteiger partial charge on any atom is -0.351 e. The molecule has 2 heterocycles. The van der Waals surface area contributed by atoms with Crippen molar-refractivity contribution in [2.75, 3.05) is 0 Å². The van der Waals surface area contributed by atoms with Crippen LogP contribution in [0.2, 0.25) is 0 Å². The number of fused-ring (bicyclic) bond motifs is 1. The predicted octanol–water partition coefficient (Wildman–Crippen LogP) is 3.45. The van der Waals surface area contributed by atoms with Gasteiger partial charge in [0, 0.05) is 12.7 Å². The van der Waals surface area contributed by atoms with Crippen LogP contribution in [-0.4, -0.2) is 26.1 Å². The van der Waals surface area contributed by atoms with Gasteiger partial charge in [0.2, 0.25) is 5.91 Å². The molecule has 2 N–H and O–H groups in total. The minimum atomic E-state index is -0.184. The van der Waals surface area contributed by atoms with E-state index in [-0.39, 0.29) is 11.2 Å². The van der Waals surface area contributed by atoms with Gasteiger partial charge in [0.25, 0.3) is 0 Å². The van der Waals surface area contributed by atoms with Crippen LogP contribution in [0.4, 0.5) is 0 Å². The second-order valence-electron chi connectivity index (χ2n) is 5.63. The molecule has 1 amide bonds. The molecule has 0 saturated heterocycles. The highest BCUT2D eigenvalue weighted by Gasteiger charge is 2.19. The Bertz CT molecular complexity index is 795. The highest BCUT2D eigenvalue weighted by atomic mass is 32.2. The fourth-order valence-corrected chi connectivity index (χ4v) is 3.28. The van der Waals surface area contributed by atoms with Crippen LogP contribution in [0.15, 0.2) is 47.8 Å². The largest absolute Gasteiger partial charge is 0.351 e. The van der Waals surface area contributed by atoms with Crippen LogP contribution in [0.1, 0.15) is 24.5 Å². The van der Waals surface area contributed by atoms with Crippen molar-refractivity contribution in [1.29, 1.82) is 0 Å². The Morgan fingerprint density at radius 2 is 2.08 bits per heavy atom. The van der Waals surface area contributed by atoms with Gasteiger partial charge in [-0.2, -0.15) is 0 Å². The molecule has 0 aliphatic carbocycles. The van der Waals surface area contributed by atoms with E-state index in [0.717, 1.165) is 22.7 Å². The van der Waals surface area contributed by atoms with E-state index in [1.165, 1.54) is 17.3 Å². The number of H-pyrrole nitrogens is 1. The van der Waals surface area contributed by atoms with Crippen LogP contribution in [-0.2, 0) is 11.3 Å². The van der Waals surface area contributed by atoms with Crippen molar-refractivity contribution in [2.45, 2.75) is 37.2 Å². The third kappa shape index (κ3) is 3.94. The number of nitrogens with one attached hydrogen (secondary N) is 2. The van der Waals surface area contributed by atoms with Crippen molar-refractivity contribution in [2.24, 2.45) is 0 Å². The van der Waals surface area contributed by atoms with E-state index in [9.17, 15) is 4.79 Å². The summed E-state index contributed by atoms with van der Waals surface area (Å²) in [5.41, 5.74) is 3.87. The summed E-state index contributed by atoms with van der Waals surface area (Å²) >= 11 is 1.44. The van der Waals surface area contributed by atoms with Crippen LogP contribution in [0.25, 0.3) is 11.2 Å². The van der Waals surface area contributed by atoms with Gasteiger partial charge in [0.05, 0.1) is 10.8 Å². The summed E-state index contributed by atoms with van der Waals surface area (Å²) < 4.78 is 0. The lowest BCUT2D eigenvalue weighted by atomic mass is 10.1. The highest BCUT2D eigenvalue weighted by molar-refractivity contribution is 8.00. The van der Waals surface area contributed by atoms with E-state index >= 15 is 0 Å². The Kier molecular flexibility index (Phi) is 5.15. The fraction of sp³-hybridized carbons (Fsp3) is 0.278. The van der Waals surface area contributed by atoms with Gasteiger partial charge in [-0.3, -0.25) is 4.79 Å². The number of thioether (sulfide) groups is 1. The average Bonchev–Trinajstić information content (AvgIpc) is 3.01. The van der Waals surface area contributed by atoms with Gasteiger partial charge in [-0.25, -0.2) is 9.97 Å². The van der Waals surface area contributed by atoms with Crippen molar-refractivity contribution in [3.63, 3.8) is 0 Å². The van der Waals surface area contributed by atoms with Crippen molar-refractivity contribution < 1.29 is 4.79 Å². The zero-order chi connectivity index (χ0) is 16.9. The molecule has 24 heavy (non-hydrogen) atoms. The minimum absolute atomic E-state index is 0.0245. The summed E-state index contributed by atoms with van der Waals surface area (Å²) in [6, 6.07) is 12.0. The molecule has 124 valence electrons. The first-order chi connectivity index (χ1) is 11.7. The smallest absolute Gasteiger partial charge is 0.233 e. The molecule has 0 unspecified atom stereocenters. The molecule has 0 aliphatic heterocycles. The molecule has 5 nitrogen and oxygen atoms in total. The quantitative estimate of drug-likeness (QED) is 0.674. The number of amides is 1. The van der Waals surface area contributed by atoms with Crippen molar-refractivity contribution in [3.05, 3.63) is 53.7 Å².